The highest BCUT2D eigenvalue weighted by molar-refractivity contribution is 9.10. The molecule has 0 radical (unpaired) electrons. The Morgan fingerprint density at radius 3 is 2.28 bits per heavy atom. The van der Waals surface area contributed by atoms with Gasteiger partial charge < -0.3 is 14.8 Å². The second-order valence-corrected chi connectivity index (χ2v) is 9.67. The van der Waals surface area contributed by atoms with Crippen molar-refractivity contribution in [1.29, 1.82) is 0 Å². The molecule has 0 spiro atoms. The average molecular weight is 643 g/mol. The van der Waals surface area contributed by atoms with Gasteiger partial charge in [0.2, 0.25) is 0 Å². The molecule has 0 bridgehead atoms. The van der Waals surface area contributed by atoms with E-state index in [1.54, 1.807) is 54.6 Å². The number of hydrazone groups is 1. The summed E-state index contributed by atoms with van der Waals surface area (Å²) >= 11 is 3.33. The van der Waals surface area contributed by atoms with Gasteiger partial charge in [0.25, 0.3) is 17.5 Å². The van der Waals surface area contributed by atoms with E-state index in [4.69, 9.17) is 9.47 Å². The maximum absolute atomic E-state index is 12.6. The number of esters is 1. The smallest absolute Gasteiger partial charge is 0.336 e. The van der Waals surface area contributed by atoms with Crippen molar-refractivity contribution in [3.63, 3.8) is 0 Å². The lowest BCUT2D eigenvalue weighted by atomic mass is 10.1. The van der Waals surface area contributed by atoms with Crippen LogP contribution in [0.2, 0.25) is 0 Å². The van der Waals surface area contributed by atoms with E-state index in [0.29, 0.717) is 22.4 Å². The molecular formula is C31H23BrN4O7. The first kappa shape index (κ1) is 30.3. The van der Waals surface area contributed by atoms with Crippen LogP contribution in [0.1, 0.15) is 31.8 Å². The highest BCUT2D eigenvalue weighted by Crippen LogP contribution is 2.28. The molecular weight excluding hydrogens is 620 g/mol. The summed E-state index contributed by atoms with van der Waals surface area (Å²) in [7, 11) is 1.41. The van der Waals surface area contributed by atoms with Crippen molar-refractivity contribution in [1.82, 2.24) is 5.43 Å². The summed E-state index contributed by atoms with van der Waals surface area (Å²) in [4.78, 5) is 47.7. The fourth-order valence-electron chi connectivity index (χ4n) is 3.64. The van der Waals surface area contributed by atoms with Crippen LogP contribution in [0.25, 0.3) is 6.08 Å². The number of hydrogen-bond donors (Lipinski definition) is 2. The lowest BCUT2D eigenvalue weighted by molar-refractivity contribution is -0.384. The molecule has 0 aliphatic rings. The zero-order chi connectivity index (χ0) is 30.8. The number of nitrogens with one attached hydrogen (secondary N) is 2. The van der Waals surface area contributed by atoms with E-state index in [2.05, 4.69) is 31.8 Å². The SMILES string of the molecule is COc1cc(C=NNC(=O)c2cccc(NC(=O)c3ccc(Br)cc3)c2)ccc1OC(=O)/C=C/c1ccc([N+](=O)[O-])cc1. The van der Waals surface area contributed by atoms with Crippen LogP contribution in [0, 0.1) is 10.1 Å². The first-order valence-corrected chi connectivity index (χ1v) is 13.3. The molecule has 12 heteroatoms. The molecule has 4 aromatic carbocycles. The van der Waals surface area contributed by atoms with Gasteiger partial charge in [0.05, 0.1) is 18.2 Å². The van der Waals surface area contributed by atoms with Crippen LogP contribution in [0.4, 0.5) is 11.4 Å². The van der Waals surface area contributed by atoms with Crippen molar-refractivity contribution in [3.8, 4) is 11.5 Å². The minimum absolute atomic E-state index is 0.0553. The molecule has 4 aromatic rings. The molecule has 2 amide bonds. The molecule has 43 heavy (non-hydrogen) atoms. The molecule has 0 aliphatic carbocycles. The molecule has 0 fully saturated rings. The van der Waals surface area contributed by atoms with Gasteiger partial charge in [0.15, 0.2) is 11.5 Å². The number of anilines is 1. The number of amides is 2. The second-order valence-electron chi connectivity index (χ2n) is 8.75. The number of nitro groups is 1. The number of hydrogen-bond acceptors (Lipinski definition) is 8. The van der Waals surface area contributed by atoms with Crippen LogP contribution in [0.5, 0.6) is 11.5 Å². The van der Waals surface area contributed by atoms with E-state index in [1.807, 2.05) is 0 Å². The Hall–Kier alpha value is -5.62. The fourth-order valence-corrected chi connectivity index (χ4v) is 3.90. The van der Waals surface area contributed by atoms with Crippen molar-refractivity contribution in [2.75, 3.05) is 12.4 Å². The number of non-ortho nitro benzene ring substituents is 1. The topological polar surface area (TPSA) is 149 Å². The number of nitrogens with zero attached hydrogens (tertiary/aromatic N) is 2. The molecule has 0 atom stereocenters. The van der Waals surface area contributed by atoms with Crippen LogP contribution < -0.4 is 20.2 Å². The normalized spacial score (nSPS) is 10.8. The summed E-state index contributed by atoms with van der Waals surface area (Å²) in [6, 6.07) is 23.7. The number of benzene rings is 4. The van der Waals surface area contributed by atoms with Crippen molar-refractivity contribution in [3.05, 3.63) is 134 Å². The highest BCUT2D eigenvalue weighted by Gasteiger charge is 2.11. The van der Waals surface area contributed by atoms with Gasteiger partial charge in [0, 0.05) is 39.5 Å². The molecule has 4 rings (SSSR count). The van der Waals surface area contributed by atoms with Gasteiger partial charge >= 0.3 is 5.97 Å². The van der Waals surface area contributed by atoms with Crippen molar-refractivity contribution >= 4 is 57.4 Å². The number of halogens is 1. The third kappa shape index (κ3) is 8.68. The standard InChI is InChI=1S/C31H23BrN4O7/c1-42-28-17-21(7-15-27(28)43-29(37)16-8-20-5-13-26(14-6-20)36(40)41)19-33-35-31(39)23-3-2-4-25(18-23)34-30(38)22-9-11-24(32)12-10-22/h2-19H,1H3,(H,34,38)(H,35,39)/b16-8+,33-19?. The molecule has 2 N–H and O–H groups in total. The Labute approximate surface area is 254 Å². The fraction of sp³-hybridized carbons (Fsp3) is 0.0323. The summed E-state index contributed by atoms with van der Waals surface area (Å²) in [5.41, 5.74) is 4.71. The third-order valence-corrected chi connectivity index (χ3v) is 6.31. The maximum Gasteiger partial charge on any atom is 0.336 e. The van der Waals surface area contributed by atoms with E-state index >= 15 is 0 Å². The Bertz CT molecular complexity index is 1720. The zero-order valence-electron chi connectivity index (χ0n) is 22.5. The van der Waals surface area contributed by atoms with Gasteiger partial charge in [-0.15, -0.1) is 0 Å². The van der Waals surface area contributed by atoms with E-state index in [9.17, 15) is 24.5 Å². The van der Waals surface area contributed by atoms with Crippen LogP contribution in [-0.4, -0.2) is 36.0 Å². The van der Waals surface area contributed by atoms with Crippen LogP contribution in [0.15, 0.2) is 107 Å². The Kier molecular flexibility index (Phi) is 10.1. The number of carbonyl (C=O) groups is 3. The van der Waals surface area contributed by atoms with Gasteiger partial charge in [-0.3, -0.25) is 19.7 Å². The lowest BCUT2D eigenvalue weighted by Gasteiger charge is -2.09. The monoisotopic (exact) mass is 642 g/mol. The zero-order valence-corrected chi connectivity index (χ0v) is 24.1. The van der Waals surface area contributed by atoms with E-state index in [1.165, 1.54) is 61.9 Å². The van der Waals surface area contributed by atoms with Gasteiger partial charge in [-0.2, -0.15) is 5.10 Å². The molecule has 0 saturated heterocycles. The molecule has 0 aliphatic heterocycles. The average Bonchev–Trinajstić information content (AvgIpc) is 3.01. The molecule has 0 saturated carbocycles. The predicted molar refractivity (Wildman–Crippen MR) is 164 cm³/mol. The van der Waals surface area contributed by atoms with E-state index in [0.717, 1.165) is 4.47 Å². The van der Waals surface area contributed by atoms with E-state index in [-0.39, 0.29) is 28.7 Å². The van der Waals surface area contributed by atoms with Gasteiger partial charge in [-0.05, 0) is 90.0 Å². The highest BCUT2D eigenvalue weighted by atomic mass is 79.9. The Morgan fingerprint density at radius 2 is 1.58 bits per heavy atom. The molecule has 11 nitrogen and oxygen atoms in total. The molecule has 0 heterocycles. The van der Waals surface area contributed by atoms with Crippen molar-refractivity contribution < 1.29 is 28.8 Å². The Balaban J connectivity index is 1.33. The number of ether oxygens (including phenoxy) is 2. The van der Waals surface area contributed by atoms with Crippen molar-refractivity contribution in [2.24, 2.45) is 5.10 Å². The molecule has 216 valence electrons. The Morgan fingerprint density at radius 1 is 0.860 bits per heavy atom. The molecule has 0 unspecified atom stereocenters. The first-order valence-electron chi connectivity index (χ1n) is 12.5. The van der Waals surface area contributed by atoms with Crippen LogP contribution >= 0.6 is 15.9 Å². The second kappa shape index (κ2) is 14.3. The third-order valence-electron chi connectivity index (χ3n) is 5.78. The summed E-state index contributed by atoms with van der Waals surface area (Å²) < 4.78 is 11.5. The summed E-state index contributed by atoms with van der Waals surface area (Å²) in [5, 5.41) is 17.5. The maximum atomic E-state index is 12.6. The summed E-state index contributed by atoms with van der Waals surface area (Å²) in [5.74, 6) is -1.08. The first-order chi connectivity index (χ1) is 20.7. The number of carbonyl (C=O) groups excluding carboxylic acids is 3. The quantitative estimate of drug-likeness (QED) is 0.0538. The van der Waals surface area contributed by atoms with Gasteiger partial charge in [0.1, 0.15) is 0 Å². The minimum atomic E-state index is -0.680. The van der Waals surface area contributed by atoms with Crippen molar-refractivity contribution in [2.45, 2.75) is 0 Å². The number of nitro benzene ring substituents is 1. The number of methoxy groups -OCH3 is 1. The number of rotatable bonds is 10. The summed E-state index contributed by atoms with van der Waals surface area (Å²) in [6.07, 6.45) is 4.04. The molecule has 0 aromatic heterocycles. The largest absolute Gasteiger partial charge is 0.493 e. The summed E-state index contributed by atoms with van der Waals surface area (Å²) in [6.45, 7) is 0. The van der Waals surface area contributed by atoms with Crippen LogP contribution in [-0.2, 0) is 4.79 Å². The predicted octanol–water partition coefficient (Wildman–Crippen LogP) is 6.00. The lowest BCUT2D eigenvalue weighted by Crippen LogP contribution is -2.18. The van der Waals surface area contributed by atoms with Gasteiger partial charge in [-0.25, -0.2) is 10.2 Å². The van der Waals surface area contributed by atoms with Gasteiger partial charge in [-0.1, -0.05) is 22.0 Å². The van der Waals surface area contributed by atoms with E-state index < -0.39 is 16.8 Å². The minimum Gasteiger partial charge on any atom is -0.493 e. The van der Waals surface area contributed by atoms with Crippen LogP contribution in [0.3, 0.4) is 0 Å².